The maximum Gasteiger partial charge on any atom is 0.311 e. The lowest BCUT2D eigenvalue weighted by Crippen LogP contribution is -2.36. The van der Waals surface area contributed by atoms with Crippen LogP contribution in [0.3, 0.4) is 0 Å². The van der Waals surface area contributed by atoms with E-state index >= 15 is 0 Å². The average Bonchev–Trinajstić information content (AvgIpc) is 2.92. The van der Waals surface area contributed by atoms with Crippen LogP contribution in [0.15, 0.2) is 93.3 Å². The summed E-state index contributed by atoms with van der Waals surface area (Å²) in [4.78, 5) is 14.0. The summed E-state index contributed by atoms with van der Waals surface area (Å²) in [5, 5.41) is 17.1. The van der Waals surface area contributed by atoms with Crippen LogP contribution in [0.5, 0.6) is 5.75 Å². The Labute approximate surface area is 205 Å². The number of ether oxygens (including phenoxy) is 2. The van der Waals surface area contributed by atoms with Crippen LogP contribution >= 0.6 is 0 Å². The summed E-state index contributed by atoms with van der Waals surface area (Å²) >= 11 is 0. The van der Waals surface area contributed by atoms with Crippen LogP contribution in [-0.2, 0) is 9.53 Å². The number of hydrogen-bond acceptors (Lipinski definition) is 8. The van der Waals surface area contributed by atoms with Gasteiger partial charge in [0.25, 0.3) is 0 Å². The number of carbonyl (C=O) groups excluding carboxylic acids is 1. The third-order valence-electron chi connectivity index (χ3n) is 5.44. The Morgan fingerprint density at radius 3 is 1.71 bits per heavy atom. The number of morpholine rings is 1. The summed E-state index contributed by atoms with van der Waals surface area (Å²) < 4.78 is 10.7. The molecule has 0 atom stereocenters. The quantitative estimate of drug-likeness (QED) is 0.184. The molecule has 1 aliphatic rings. The van der Waals surface area contributed by atoms with Crippen molar-refractivity contribution in [2.75, 3.05) is 31.2 Å². The molecule has 1 fully saturated rings. The molecule has 180 valence electrons. The molecule has 35 heavy (non-hydrogen) atoms. The molecule has 1 saturated heterocycles. The second-order valence-electron chi connectivity index (χ2n) is 8.10. The summed E-state index contributed by atoms with van der Waals surface area (Å²) in [6.45, 7) is 5.38. The second kappa shape index (κ2) is 12.5. The lowest BCUT2D eigenvalue weighted by Gasteiger charge is -2.28. The number of rotatable bonds is 9. The molecule has 0 spiro atoms. The Balaban J connectivity index is 1.29. The Morgan fingerprint density at radius 2 is 1.23 bits per heavy atom. The van der Waals surface area contributed by atoms with Crippen LogP contribution in [-0.4, -0.2) is 32.3 Å². The van der Waals surface area contributed by atoms with Crippen molar-refractivity contribution in [3.05, 3.63) is 72.8 Å². The van der Waals surface area contributed by atoms with Gasteiger partial charge < -0.3 is 14.4 Å². The lowest BCUT2D eigenvalue weighted by molar-refractivity contribution is -0.134. The number of benzene rings is 3. The van der Waals surface area contributed by atoms with E-state index in [9.17, 15) is 4.79 Å². The molecule has 1 heterocycles. The van der Waals surface area contributed by atoms with Crippen LogP contribution in [0.25, 0.3) is 0 Å². The van der Waals surface area contributed by atoms with Crippen LogP contribution < -0.4 is 9.64 Å². The molecule has 0 unspecified atom stereocenters. The van der Waals surface area contributed by atoms with Crippen molar-refractivity contribution in [1.29, 1.82) is 0 Å². The Bertz CT molecular complexity index is 1140. The molecule has 0 amide bonds. The molecule has 8 nitrogen and oxygen atoms in total. The molecule has 0 N–H and O–H groups in total. The predicted octanol–water partition coefficient (Wildman–Crippen LogP) is 7.45. The monoisotopic (exact) mass is 471 g/mol. The largest absolute Gasteiger partial charge is 0.427 e. The summed E-state index contributed by atoms with van der Waals surface area (Å²) in [5.74, 6) is 0.291. The highest BCUT2D eigenvalue weighted by atomic mass is 16.5. The first-order valence-electron chi connectivity index (χ1n) is 11.9. The smallest absolute Gasteiger partial charge is 0.311 e. The van der Waals surface area contributed by atoms with Crippen molar-refractivity contribution in [2.45, 2.75) is 26.2 Å². The second-order valence-corrected chi connectivity index (χ2v) is 8.10. The van der Waals surface area contributed by atoms with Crippen molar-refractivity contribution in [3.8, 4) is 5.75 Å². The van der Waals surface area contributed by atoms with Crippen molar-refractivity contribution in [1.82, 2.24) is 0 Å². The van der Waals surface area contributed by atoms with Crippen LogP contribution in [0.1, 0.15) is 26.2 Å². The Morgan fingerprint density at radius 1 is 0.771 bits per heavy atom. The van der Waals surface area contributed by atoms with E-state index in [-0.39, 0.29) is 5.97 Å². The van der Waals surface area contributed by atoms with Crippen LogP contribution in [0.2, 0.25) is 0 Å². The van der Waals surface area contributed by atoms with Gasteiger partial charge in [-0.1, -0.05) is 13.3 Å². The van der Waals surface area contributed by atoms with E-state index in [1.54, 1.807) is 24.3 Å². The lowest BCUT2D eigenvalue weighted by atomic mass is 10.2. The molecule has 0 aliphatic carbocycles. The number of unbranched alkanes of at least 4 members (excludes halogenated alkanes) is 1. The fourth-order valence-electron chi connectivity index (χ4n) is 3.45. The third kappa shape index (κ3) is 7.55. The zero-order valence-electron chi connectivity index (χ0n) is 19.8. The summed E-state index contributed by atoms with van der Waals surface area (Å²) in [7, 11) is 0. The van der Waals surface area contributed by atoms with Gasteiger partial charge in [0.1, 0.15) is 5.75 Å². The van der Waals surface area contributed by atoms with E-state index in [2.05, 4.69) is 37.5 Å². The van der Waals surface area contributed by atoms with E-state index in [0.29, 0.717) is 23.5 Å². The van der Waals surface area contributed by atoms with Crippen molar-refractivity contribution in [2.24, 2.45) is 20.5 Å². The molecule has 0 radical (unpaired) electrons. The van der Waals surface area contributed by atoms with Crippen molar-refractivity contribution >= 4 is 34.4 Å². The van der Waals surface area contributed by atoms with E-state index < -0.39 is 0 Å². The van der Waals surface area contributed by atoms with Gasteiger partial charge in [0.05, 0.1) is 36.0 Å². The zero-order valence-corrected chi connectivity index (χ0v) is 19.8. The normalized spacial score (nSPS) is 14.0. The van der Waals surface area contributed by atoms with Gasteiger partial charge in [0.15, 0.2) is 0 Å². The molecule has 0 aromatic heterocycles. The highest BCUT2D eigenvalue weighted by Gasteiger charge is 2.10. The third-order valence-corrected chi connectivity index (χ3v) is 5.44. The standard InChI is InChI=1S/C27H29N5O3/c1-2-3-4-27(33)35-26-15-11-24(12-16-26)31-29-22-7-5-21(6-8-22)28-30-23-9-13-25(14-10-23)32-17-19-34-20-18-32/h5-16H,2-4,17-20H2,1H3. The minimum Gasteiger partial charge on any atom is -0.427 e. The summed E-state index contributed by atoms with van der Waals surface area (Å²) in [5.41, 5.74) is 4.07. The molecule has 0 saturated carbocycles. The number of hydrogen-bond donors (Lipinski definition) is 0. The van der Waals surface area contributed by atoms with Gasteiger partial charge in [-0.25, -0.2) is 0 Å². The van der Waals surface area contributed by atoms with Crippen molar-refractivity contribution in [3.63, 3.8) is 0 Å². The van der Waals surface area contributed by atoms with E-state index in [0.717, 1.165) is 50.5 Å². The summed E-state index contributed by atoms with van der Waals surface area (Å²) in [6, 6.07) is 22.4. The molecule has 1 aliphatic heterocycles. The summed E-state index contributed by atoms with van der Waals surface area (Å²) in [6.07, 6.45) is 2.21. The van der Waals surface area contributed by atoms with Gasteiger partial charge in [0, 0.05) is 25.2 Å². The maximum absolute atomic E-state index is 11.7. The van der Waals surface area contributed by atoms with Gasteiger partial charge in [-0.2, -0.15) is 20.5 Å². The molecule has 0 bridgehead atoms. The number of carbonyl (C=O) groups is 1. The average molecular weight is 472 g/mol. The molecule has 8 heteroatoms. The molecular weight excluding hydrogens is 442 g/mol. The maximum atomic E-state index is 11.7. The van der Waals surface area contributed by atoms with Gasteiger partial charge in [-0.15, -0.1) is 0 Å². The van der Waals surface area contributed by atoms with Crippen LogP contribution in [0, 0.1) is 0 Å². The highest BCUT2D eigenvalue weighted by Crippen LogP contribution is 2.26. The fraction of sp³-hybridized carbons (Fsp3) is 0.296. The SMILES string of the molecule is CCCCC(=O)Oc1ccc(N=Nc2ccc(N=Nc3ccc(N4CCOCC4)cc3)cc2)cc1. The van der Waals surface area contributed by atoms with E-state index in [1.165, 1.54) is 5.69 Å². The number of anilines is 1. The first-order valence-corrected chi connectivity index (χ1v) is 11.9. The fourth-order valence-corrected chi connectivity index (χ4v) is 3.45. The predicted molar refractivity (Wildman–Crippen MR) is 136 cm³/mol. The molecule has 4 rings (SSSR count). The Hall–Kier alpha value is -3.91. The number of azo groups is 2. The topological polar surface area (TPSA) is 88.2 Å². The van der Waals surface area contributed by atoms with Crippen molar-refractivity contribution < 1.29 is 14.3 Å². The highest BCUT2D eigenvalue weighted by molar-refractivity contribution is 5.72. The first kappa shape index (κ1) is 24.2. The first-order chi connectivity index (χ1) is 17.2. The minimum atomic E-state index is -0.219. The van der Waals surface area contributed by atoms with Gasteiger partial charge in [-0.05, 0) is 79.2 Å². The number of nitrogens with zero attached hydrogens (tertiary/aromatic N) is 5. The Kier molecular flexibility index (Phi) is 8.67. The molecular formula is C27H29N5O3. The van der Waals surface area contributed by atoms with Crippen LogP contribution in [0.4, 0.5) is 28.4 Å². The van der Waals surface area contributed by atoms with Gasteiger partial charge >= 0.3 is 5.97 Å². The van der Waals surface area contributed by atoms with E-state index in [4.69, 9.17) is 9.47 Å². The molecule has 3 aromatic rings. The van der Waals surface area contributed by atoms with E-state index in [1.807, 2.05) is 43.3 Å². The van der Waals surface area contributed by atoms with Gasteiger partial charge in [-0.3, -0.25) is 4.79 Å². The number of esters is 1. The van der Waals surface area contributed by atoms with Gasteiger partial charge in [0.2, 0.25) is 0 Å². The molecule has 3 aromatic carbocycles. The minimum absolute atomic E-state index is 0.219. The zero-order chi connectivity index (χ0) is 24.3.